The van der Waals surface area contributed by atoms with Crippen molar-refractivity contribution >= 4 is 23.6 Å². The van der Waals surface area contributed by atoms with E-state index >= 15 is 0 Å². The number of carbonyl (C=O) groups excluding carboxylic acids is 2. The topological polar surface area (TPSA) is 135 Å². The summed E-state index contributed by atoms with van der Waals surface area (Å²) in [5.74, 6) is -2.67. The smallest absolute Gasteiger partial charge is 0.548 e. The standard InChI is InChI=1S/C34H29F4N5O4S.Na/c1-20(25-15-39-40-16-25)31-28(41-33(42-32(31)47)48-19-22-4-12-27(35)13-5-22)14-29(44)43(18-30(45)46)17-21-2-6-23(7-3-21)24-8-10-26(11-9-24)34(36,37)38;/h2-13,15-16,20H,14,17-19H2,1H3,(H,39,40)(H,45,46)(H,41,42,47);/q;+1/p-1. The number of nitrogens with one attached hydrogen (secondary N) is 2. The van der Waals surface area contributed by atoms with Crippen molar-refractivity contribution in [3.8, 4) is 11.1 Å². The molecule has 2 N–H and O–H groups in total. The Labute approximate surface area is 304 Å². The van der Waals surface area contributed by atoms with Crippen molar-refractivity contribution in [2.24, 2.45) is 0 Å². The zero-order chi connectivity index (χ0) is 34.4. The zero-order valence-electron chi connectivity index (χ0n) is 26.4. The Morgan fingerprint density at radius 1 is 0.959 bits per heavy atom. The number of benzene rings is 3. The van der Waals surface area contributed by atoms with Gasteiger partial charge in [0, 0.05) is 30.0 Å². The van der Waals surface area contributed by atoms with Crippen molar-refractivity contribution in [3.05, 3.63) is 135 Å². The number of amides is 1. The Morgan fingerprint density at radius 2 is 1.57 bits per heavy atom. The molecule has 0 fully saturated rings. The van der Waals surface area contributed by atoms with Crippen LogP contribution in [0.1, 0.15) is 46.4 Å². The van der Waals surface area contributed by atoms with Crippen LogP contribution < -0.4 is 40.2 Å². The molecule has 1 unspecified atom stereocenters. The van der Waals surface area contributed by atoms with Gasteiger partial charge in [0.15, 0.2) is 5.16 Å². The van der Waals surface area contributed by atoms with Crippen molar-refractivity contribution in [1.29, 1.82) is 0 Å². The summed E-state index contributed by atoms with van der Waals surface area (Å²) in [6.07, 6.45) is -1.70. The van der Waals surface area contributed by atoms with Gasteiger partial charge in [0.2, 0.25) is 5.91 Å². The number of H-pyrrole nitrogens is 2. The maximum absolute atomic E-state index is 13.7. The molecule has 1 amide bonds. The molecular formula is C34H28F4N5NaO4S. The normalized spacial score (nSPS) is 11.9. The number of aromatic amines is 2. The van der Waals surface area contributed by atoms with Crippen LogP contribution >= 0.6 is 11.8 Å². The van der Waals surface area contributed by atoms with E-state index in [1.54, 1.807) is 55.7 Å². The quantitative estimate of drug-likeness (QED) is 0.0881. The van der Waals surface area contributed by atoms with E-state index in [1.165, 1.54) is 36.0 Å². The molecule has 9 nitrogen and oxygen atoms in total. The minimum atomic E-state index is -4.46. The fourth-order valence-electron chi connectivity index (χ4n) is 5.07. The summed E-state index contributed by atoms with van der Waals surface area (Å²) in [5.41, 5.74) is 2.30. The second kappa shape index (κ2) is 16.4. The minimum Gasteiger partial charge on any atom is -0.548 e. The Morgan fingerprint density at radius 3 is 2.14 bits per heavy atom. The second-order valence-electron chi connectivity index (χ2n) is 11.0. The molecule has 5 aromatic rings. The number of halogens is 4. The van der Waals surface area contributed by atoms with Gasteiger partial charge in [-0.1, -0.05) is 67.2 Å². The number of aliphatic carboxylic acids is 1. The third-order valence-corrected chi connectivity index (χ3v) is 8.56. The first-order chi connectivity index (χ1) is 22.9. The number of hydrogen-bond donors (Lipinski definition) is 2. The molecule has 0 aliphatic heterocycles. The average molecular weight is 702 g/mol. The van der Waals surface area contributed by atoms with Crippen molar-refractivity contribution in [2.75, 3.05) is 6.54 Å². The summed E-state index contributed by atoms with van der Waals surface area (Å²) < 4.78 is 52.2. The number of rotatable bonds is 12. The fraction of sp³-hybridized carbons (Fsp3) is 0.206. The first-order valence-corrected chi connectivity index (χ1v) is 15.6. The van der Waals surface area contributed by atoms with E-state index in [-0.39, 0.29) is 58.3 Å². The molecule has 2 aromatic heterocycles. The van der Waals surface area contributed by atoms with Gasteiger partial charge in [-0.05, 0) is 52.1 Å². The average Bonchev–Trinajstić information content (AvgIpc) is 3.59. The maximum atomic E-state index is 13.7. The van der Waals surface area contributed by atoms with Crippen LogP contribution in [0.25, 0.3) is 11.1 Å². The predicted octanol–water partition coefficient (Wildman–Crippen LogP) is 2.09. The molecule has 3 aromatic carbocycles. The molecule has 0 radical (unpaired) electrons. The van der Waals surface area contributed by atoms with Crippen LogP contribution in [-0.2, 0) is 34.5 Å². The first-order valence-electron chi connectivity index (χ1n) is 14.6. The van der Waals surface area contributed by atoms with E-state index in [2.05, 4.69) is 20.2 Å². The van der Waals surface area contributed by atoms with Gasteiger partial charge in [-0.15, -0.1) is 0 Å². The van der Waals surface area contributed by atoms with E-state index in [4.69, 9.17) is 0 Å². The maximum Gasteiger partial charge on any atom is 1.00 e. The van der Waals surface area contributed by atoms with E-state index in [0.717, 1.165) is 22.6 Å². The second-order valence-corrected chi connectivity index (χ2v) is 11.9. The van der Waals surface area contributed by atoms with Gasteiger partial charge in [-0.25, -0.2) is 9.37 Å². The van der Waals surface area contributed by atoms with Gasteiger partial charge in [0.25, 0.3) is 5.56 Å². The molecule has 0 aliphatic rings. The zero-order valence-corrected chi connectivity index (χ0v) is 29.2. The Hall–Kier alpha value is -4.24. The Balaban J connectivity index is 0.00000541. The number of carboxylic acid groups (broad SMARTS) is 1. The van der Waals surface area contributed by atoms with Gasteiger partial charge in [-0.3, -0.25) is 14.7 Å². The van der Waals surface area contributed by atoms with Crippen LogP contribution in [0, 0.1) is 5.82 Å². The van der Waals surface area contributed by atoms with Gasteiger partial charge < -0.3 is 19.8 Å². The monoisotopic (exact) mass is 701 g/mol. The van der Waals surface area contributed by atoms with Crippen molar-refractivity contribution in [3.63, 3.8) is 0 Å². The van der Waals surface area contributed by atoms with Crippen LogP contribution in [0.5, 0.6) is 0 Å². The van der Waals surface area contributed by atoms with Crippen molar-refractivity contribution in [2.45, 2.75) is 42.9 Å². The summed E-state index contributed by atoms with van der Waals surface area (Å²) in [7, 11) is 0. The molecule has 15 heteroatoms. The molecule has 1 atom stereocenters. The summed E-state index contributed by atoms with van der Waals surface area (Å²) >= 11 is 1.18. The number of hydrogen-bond acceptors (Lipinski definition) is 7. The number of aromatic nitrogens is 4. The third-order valence-electron chi connectivity index (χ3n) is 7.62. The Kier molecular flexibility index (Phi) is 12.6. The molecule has 248 valence electrons. The van der Waals surface area contributed by atoms with Crippen molar-refractivity contribution in [1.82, 2.24) is 25.1 Å². The minimum absolute atomic E-state index is 0. The van der Waals surface area contributed by atoms with Crippen LogP contribution in [0.15, 0.2) is 95.1 Å². The summed E-state index contributed by atoms with van der Waals surface area (Å²) in [4.78, 5) is 47.2. The number of alkyl halides is 3. The summed E-state index contributed by atoms with van der Waals surface area (Å²) in [6, 6.07) is 17.1. The van der Waals surface area contributed by atoms with Crippen LogP contribution in [0.2, 0.25) is 0 Å². The van der Waals surface area contributed by atoms with Gasteiger partial charge >= 0.3 is 35.7 Å². The van der Waals surface area contributed by atoms with E-state index < -0.39 is 48.1 Å². The van der Waals surface area contributed by atoms with Gasteiger partial charge in [-0.2, -0.15) is 18.3 Å². The van der Waals surface area contributed by atoms with E-state index in [1.807, 2.05) is 0 Å². The number of carbonyl (C=O) groups is 2. The molecule has 2 heterocycles. The fourth-order valence-corrected chi connectivity index (χ4v) is 5.91. The molecule has 0 bridgehead atoms. The van der Waals surface area contributed by atoms with Gasteiger partial charge in [0.05, 0.1) is 36.4 Å². The van der Waals surface area contributed by atoms with Crippen LogP contribution in [0.3, 0.4) is 0 Å². The summed E-state index contributed by atoms with van der Waals surface area (Å²) in [6.45, 7) is 0.900. The first kappa shape index (κ1) is 37.6. The predicted molar refractivity (Wildman–Crippen MR) is 168 cm³/mol. The molecule has 0 spiro atoms. The molecule has 0 aliphatic carbocycles. The molecule has 0 saturated carbocycles. The SMILES string of the molecule is CC(c1cn[nH]c1)c1c(CC(=O)N(CC(=O)[O-])Cc2ccc(-c3ccc(C(F)(F)F)cc3)cc2)nc(SCc2ccc(F)cc2)[nH]c1=O.[Na+]. The van der Waals surface area contributed by atoms with E-state index in [0.29, 0.717) is 28.0 Å². The van der Waals surface area contributed by atoms with Crippen molar-refractivity contribution < 1.29 is 61.8 Å². The summed E-state index contributed by atoms with van der Waals surface area (Å²) in [5, 5.41) is 18.5. The number of thioether (sulfide) groups is 1. The Bertz CT molecular complexity index is 1940. The van der Waals surface area contributed by atoms with Gasteiger partial charge in [0.1, 0.15) is 5.82 Å². The number of nitrogens with zero attached hydrogens (tertiary/aromatic N) is 3. The van der Waals surface area contributed by atoms with Crippen LogP contribution in [-0.4, -0.2) is 43.5 Å². The molecule has 49 heavy (non-hydrogen) atoms. The number of carboxylic acids is 1. The van der Waals surface area contributed by atoms with Crippen LogP contribution in [0.4, 0.5) is 17.6 Å². The largest absolute Gasteiger partial charge is 1.00 e. The van der Waals surface area contributed by atoms with E-state index in [9.17, 15) is 37.1 Å². The molecule has 0 saturated heterocycles. The molecule has 5 rings (SSSR count). The molecular weight excluding hydrogens is 673 g/mol. The third kappa shape index (κ3) is 9.91.